The van der Waals surface area contributed by atoms with E-state index in [2.05, 4.69) is 4.74 Å². The smallest absolute Gasteiger partial charge is 0.331 e. The molecular weight excluding hydrogens is 278 g/mol. The van der Waals surface area contributed by atoms with Gasteiger partial charge in [0.25, 0.3) is 5.91 Å². The second-order valence-electron chi connectivity index (χ2n) is 3.71. The molecule has 0 aliphatic carbocycles. The van der Waals surface area contributed by atoms with Crippen LogP contribution >= 0.6 is 22.9 Å². The lowest BCUT2D eigenvalue weighted by Gasteiger charge is -2.33. The van der Waals surface area contributed by atoms with Crippen LogP contribution < -0.4 is 0 Å². The van der Waals surface area contributed by atoms with E-state index >= 15 is 0 Å². The van der Waals surface area contributed by atoms with Gasteiger partial charge in [-0.3, -0.25) is 4.79 Å². The highest BCUT2D eigenvalue weighted by Crippen LogP contribution is 2.25. The number of hydrogen-bond acceptors (Lipinski definition) is 5. The van der Waals surface area contributed by atoms with Crippen LogP contribution in [-0.2, 0) is 14.3 Å². The number of amides is 1. The van der Waals surface area contributed by atoms with Gasteiger partial charge < -0.3 is 14.4 Å². The summed E-state index contributed by atoms with van der Waals surface area (Å²) < 4.78 is 9.88. The fourth-order valence-electron chi connectivity index (χ4n) is 1.75. The standard InChI is InChI=1S/C11H12ClNO4S/c1-16-11(15)8-6-17-4-3-13(8)10(14)9-7(12)2-5-18-9/h2,5,8H,3-4,6H2,1H3. The van der Waals surface area contributed by atoms with Crippen molar-refractivity contribution in [3.63, 3.8) is 0 Å². The molecule has 18 heavy (non-hydrogen) atoms. The van der Waals surface area contributed by atoms with Gasteiger partial charge in [0, 0.05) is 6.54 Å². The third-order valence-electron chi connectivity index (χ3n) is 2.67. The van der Waals surface area contributed by atoms with Gasteiger partial charge in [-0.25, -0.2) is 4.79 Å². The van der Waals surface area contributed by atoms with Crippen LogP contribution in [0.25, 0.3) is 0 Å². The van der Waals surface area contributed by atoms with Crippen molar-refractivity contribution < 1.29 is 19.1 Å². The van der Waals surface area contributed by atoms with Crippen LogP contribution in [-0.4, -0.2) is 49.7 Å². The summed E-state index contributed by atoms with van der Waals surface area (Å²) >= 11 is 7.19. The first-order valence-electron chi connectivity index (χ1n) is 5.34. The van der Waals surface area contributed by atoms with Crippen LogP contribution in [0.2, 0.25) is 5.02 Å². The van der Waals surface area contributed by atoms with Crippen LogP contribution in [0.1, 0.15) is 9.67 Å². The molecule has 1 aliphatic heterocycles. The maximum Gasteiger partial charge on any atom is 0.331 e. The third kappa shape index (κ3) is 2.50. The first kappa shape index (κ1) is 13.3. The zero-order valence-corrected chi connectivity index (χ0v) is 11.3. The third-order valence-corrected chi connectivity index (χ3v) is 4.00. The minimum atomic E-state index is -0.700. The Hall–Kier alpha value is -1.11. The summed E-state index contributed by atoms with van der Waals surface area (Å²) in [6.07, 6.45) is 0. The molecule has 98 valence electrons. The molecule has 1 atom stereocenters. The average Bonchev–Trinajstić information content (AvgIpc) is 2.83. The lowest BCUT2D eigenvalue weighted by Crippen LogP contribution is -2.52. The van der Waals surface area contributed by atoms with Crippen molar-refractivity contribution in [2.45, 2.75) is 6.04 Å². The molecule has 2 rings (SSSR count). The van der Waals surface area contributed by atoms with Gasteiger partial charge in [0.1, 0.15) is 4.88 Å². The van der Waals surface area contributed by atoms with E-state index in [-0.39, 0.29) is 12.5 Å². The van der Waals surface area contributed by atoms with Crippen LogP contribution in [0.3, 0.4) is 0 Å². The quantitative estimate of drug-likeness (QED) is 0.773. The summed E-state index contributed by atoms with van der Waals surface area (Å²) in [5.41, 5.74) is 0. The Bertz CT molecular complexity index is 462. The highest BCUT2D eigenvalue weighted by atomic mass is 35.5. The number of thiophene rings is 1. The molecule has 1 fully saturated rings. The molecule has 1 aromatic rings. The number of carbonyl (C=O) groups is 2. The lowest BCUT2D eigenvalue weighted by atomic mass is 10.2. The molecule has 0 N–H and O–H groups in total. The Morgan fingerprint density at radius 3 is 3.00 bits per heavy atom. The minimum absolute atomic E-state index is 0.154. The van der Waals surface area contributed by atoms with Crippen molar-refractivity contribution >= 4 is 34.8 Å². The molecule has 1 aromatic heterocycles. The topological polar surface area (TPSA) is 55.8 Å². The number of esters is 1. The number of hydrogen-bond donors (Lipinski definition) is 0. The minimum Gasteiger partial charge on any atom is -0.467 e. The zero-order chi connectivity index (χ0) is 13.1. The zero-order valence-electron chi connectivity index (χ0n) is 9.72. The summed E-state index contributed by atoms with van der Waals surface area (Å²) in [6, 6.07) is 0.960. The maximum absolute atomic E-state index is 12.3. The van der Waals surface area contributed by atoms with Crippen molar-refractivity contribution in [2.75, 3.05) is 26.9 Å². The highest BCUT2D eigenvalue weighted by Gasteiger charge is 2.35. The second-order valence-corrected chi connectivity index (χ2v) is 5.03. The van der Waals surface area contributed by atoms with Gasteiger partial charge in [-0.05, 0) is 11.4 Å². The maximum atomic E-state index is 12.3. The molecule has 0 radical (unpaired) electrons. The van der Waals surface area contributed by atoms with Gasteiger partial charge in [0.05, 0.1) is 25.3 Å². The van der Waals surface area contributed by atoms with Crippen molar-refractivity contribution in [3.05, 3.63) is 21.3 Å². The molecular formula is C11H12ClNO4S. The van der Waals surface area contributed by atoms with Crippen molar-refractivity contribution in [1.82, 2.24) is 4.90 Å². The number of ether oxygens (including phenoxy) is 2. The van der Waals surface area contributed by atoms with E-state index in [4.69, 9.17) is 16.3 Å². The Labute approximate surface area is 113 Å². The molecule has 0 aromatic carbocycles. The van der Waals surface area contributed by atoms with Crippen molar-refractivity contribution in [1.29, 1.82) is 0 Å². The molecule has 1 unspecified atom stereocenters. The molecule has 1 amide bonds. The number of morpholine rings is 1. The normalized spacial score (nSPS) is 19.7. The van der Waals surface area contributed by atoms with E-state index in [0.717, 1.165) is 0 Å². The van der Waals surface area contributed by atoms with E-state index in [0.29, 0.717) is 23.1 Å². The van der Waals surface area contributed by atoms with Gasteiger partial charge >= 0.3 is 5.97 Å². The van der Waals surface area contributed by atoms with Crippen LogP contribution in [0.4, 0.5) is 0 Å². The van der Waals surface area contributed by atoms with E-state index < -0.39 is 12.0 Å². The molecule has 1 aliphatic rings. The summed E-state index contributed by atoms with van der Waals surface area (Å²) in [5.74, 6) is -0.732. The van der Waals surface area contributed by atoms with Gasteiger partial charge in [-0.2, -0.15) is 0 Å². The Balaban J connectivity index is 2.21. The van der Waals surface area contributed by atoms with Gasteiger partial charge in [0.15, 0.2) is 6.04 Å². The van der Waals surface area contributed by atoms with Crippen molar-refractivity contribution in [3.8, 4) is 0 Å². The Kier molecular flexibility index (Phi) is 4.21. The number of carbonyl (C=O) groups excluding carboxylic acids is 2. The lowest BCUT2D eigenvalue weighted by molar-refractivity contribution is -0.151. The monoisotopic (exact) mass is 289 g/mol. The molecule has 5 nitrogen and oxygen atoms in total. The summed E-state index contributed by atoms with van der Waals surface area (Å²) in [7, 11) is 1.29. The second kappa shape index (κ2) is 5.69. The fourth-order valence-corrected chi connectivity index (χ4v) is 2.85. The molecule has 1 saturated heterocycles. The van der Waals surface area contributed by atoms with E-state index in [1.807, 2.05) is 0 Å². The predicted octanol–water partition coefficient (Wildman–Crippen LogP) is 1.42. The molecule has 0 spiro atoms. The number of methoxy groups -OCH3 is 1. The molecule has 7 heteroatoms. The van der Waals surface area contributed by atoms with Crippen LogP contribution in [0.15, 0.2) is 11.4 Å². The first-order valence-corrected chi connectivity index (χ1v) is 6.60. The number of halogens is 1. The summed E-state index contributed by atoms with van der Waals surface area (Å²) in [5, 5.41) is 2.14. The summed E-state index contributed by atoms with van der Waals surface area (Å²) in [4.78, 5) is 25.8. The number of nitrogens with zero attached hydrogens (tertiary/aromatic N) is 1. The highest BCUT2D eigenvalue weighted by molar-refractivity contribution is 7.12. The van der Waals surface area contributed by atoms with E-state index in [1.54, 1.807) is 11.4 Å². The van der Waals surface area contributed by atoms with Gasteiger partial charge in [0.2, 0.25) is 0 Å². The van der Waals surface area contributed by atoms with Gasteiger partial charge in [-0.15, -0.1) is 11.3 Å². The van der Waals surface area contributed by atoms with Crippen molar-refractivity contribution in [2.24, 2.45) is 0 Å². The number of rotatable bonds is 2. The Morgan fingerprint density at radius 2 is 2.39 bits per heavy atom. The van der Waals surface area contributed by atoms with E-state index in [1.165, 1.54) is 23.3 Å². The largest absolute Gasteiger partial charge is 0.467 e. The molecule has 0 bridgehead atoms. The van der Waals surface area contributed by atoms with Crippen LogP contribution in [0.5, 0.6) is 0 Å². The predicted molar refractivity (Wildman–Crippen MR) is 67.0 cm³/mol. The Morgan fingerprint density at radius 1 is 1.61 bits per heavy atom. The average molecular weight is 290 g/mol. The fraction of sp³-hybridized carbons (Fsp3) is 0.455. The molecule has 2 heterocycles. The first-order chi connectivity index (χ1) is 8.65. The summed E-state index contributed by atoms with van der Waals surface area (Å²) in [6.45, 7) is 0.913. The van der Waals surface area contributed by atoms with Gasteiger partial charge in [-0.1, -0.05) is 11.6 Å². The SMILES string of the molecule is COC(=O)C1COCCN1C(=O)c1sccc1Cl. The van der Waals surface area contributed by atoms with Crippen LogP contribution in [0, 0.1) is 0 Å². The van der Waals surface area contributed by atoms with E-state index in [9.17, 15) is 9.59 Å². The molecule has 0 saturated carbocycles.